The second-order valence-electron chi connectivity index (χ2n) is 7.06. The first-order valence-electron chi connectivity index (χ1n) is 9.47. The molecule has 2 amide bonds. The van der Waals surface area contributed by atoms with Crippen LogP contribution in [-0.4, -0.2) is 11.8 Å². The fourth-order valence-electron chi connectivity index (χ4n) is 2.95. The number of hydrogen-bond donors (Lipinski definition) is 2. The zero-order valence-corrected chi connectivity index (χ0v) is 16.2. The van der Waals surface area contributed by atoms with E-state index in [-0.39, 0.29) is 23.5 Å². The molecule has 29 heavy (non-hydrogen) atoms. The molecule has 3 rings (SSSR count). The van der Waals surface area contributed by atoms with Gasteiger partial charge in [-0.1, -0.05) is 43.8 Å². The number of carbonyl (C=O) groups excluding carboxylic acids is 2. The highest BCUT2D eigenvalue weighted by atomic mass is 19.1. The van der Waals surface area contributed by atoms with E-state index in [1.54, 1.807) is 13.0 Å². The van der Waals surface area contributed by atoms with Crippen molar-refractivity contribution in [1.29, 1.82) is 0 Å². The Balaban J connectivity index is 1.49. The molecule has 0 unspecified atom stereocenters. The van der Waals surface area contributed by atoms with Gasteiger partial charge >= 0.3 is 0 Å². The van der Waals surface area contributed by atoms with Gasteiger partial charge in [0.1, 0.15) is 5.82 Å². The predicted octanol–water partition coefficient (Wildman–Crippen LogP) is 5.28. The normalized spacial score (nSPS) is 11.7. The first-order chi connectivity index (χ1) is 13.9. The molecule has 3 aromatic carbocycles. The Morgan fingerprint density at radius 1 is 1.00 bits per heavy atom. The Labute approximate surface area is 169 Å². The second-order valence-corrected chi connectivity index (χ2v) is 7.06. The number of anilines is 1. The Hall–Kier alpha value is -3.47. The molecule has 5 heteroatoms. The third-order valence-electron chi connectivity index (χ3n) is 4.74. The third kappa shape index (κ3) is 5.51. The van der Waals surface area contributed by atoms with Gasteiger partial charge in [0.15, 0.2) is 0 Å². The molecule has 0 radical (unpaired) electrons. The summed E-state index contributed by atoms with van der Waals surface area (Å²) in [6.45, 7) is 5.71. The van der Waals surface area contributed by atoms with E-state index in [1.165, 1.54) is 24.3 Å². The molecule has 2 N–H and O–H groups in total. The van der Waals surface area contributed by atoms with Gasteiger partial charge in [-0.2, -0.15) is 0 Å². The highest BCUT2D eigenvalue weighted by Crippen LogP contribution is 2.17. The number of allylic oxidation sites excluding steroid dienone is 1. The van der Waals surface area contributed by atoms with E-state index in [0.717, 1.165) is 10.8 Å². The smallest absolute Gasteiger partial charge is 0.255 e. The van der Waals surface area contributed by atoms with Gasteiger partial charge in [-0.15, -0.1) is 0 Å². The molecular formula is C24H23FN2O2. The van der Waals surface area contributed by atoms with Crippen LogP contribution in [-0.2, 0) is 4.79 Å². The number of rotatable bonds is 7. The van der Waals surface area contributed by atoms with Gasteiger partial charge in [0.25, 0.3) is 5.91 Å². The quantitative estimate of drug-likeness (QED) is 0.577. The summed E-state index contributed by atoms with van der Waals surface area (Å²) in [5, 5.41) is 7.63. The van der Waals surface area contributed by atoms with Gasteiger partial charge in [0, 0.05) is 22.9 Å². The van der Waals surface area contributed by atoms with E-state index in [9.17, 15) is 14.0 Å². The van der Waals surface area contributed by atoms with Crippen LogP contribution in [0, 0.1) is 11.7 Å². The van der Waals surface area contributed by atoms with Crippen molar-refractivity contribution in [2.45, 2.75) is 19.8 Å². The highest BCUT2D eigenvalue weighted by Gasteiger charge is 2.14. The molecule has 0 saturated carbocycles. The Bertz CT molecular complexity index is 1040. The van der Waals surface area contributed by atoms with Crippen LogP contribution >= 0.6 is 0 Å². The molecule has 0 bridgehead atoms. The van der Waals surface area contributed by atoms with E-state index in [4.69, 9.17) is 0 Å². The summed E-state index contributed by atoms with van der Waals surface area (Å²) in [5.74, 6) is -1.02. The van der Waals surface area contributed by atoms with Crippen molar-refractivity contribution in [2.75, 3.05) is 5.32 Å². The van der Waals surface area contributed by atoms with Crippen LogP contribution in [0.5, 0.6) is 0 Å². The van der Waals surface area contributed by atoms with Crippen LogP contribution < -0.4 is 10.6 Å². The number of hydrogen-bond acceptors (Lipinski definition) is 2. The monoisotopic (exact) mass is 390 g/mol. The zero-order chi connectivity index (χ0) is 20.8. The summed E-state index contributed by atoms with van der Waals surface area (Å²) in [6.07, 6.45) is 1.02. The number of nitrogens with one attached hydrogen (secondary N) is 2. The van der Waals surface area contributed by atoms with Crippen molar-refractivity contribution in [3.05, 3.63) is 90.4 Å². The molecule has 148 valence electrons. The number of amides is 2. The van der Waals surface area contributed by atoms with E-state index in [1.807, 2.05) is 36.4 Å². The number of carbonyl (C=O) groups is 2. The zero-order valence-electron chi connectivity index (χ0n) is 16.2. The van der Waals surface area contributed by atoms with Gasteiger partial charge in [-0.05, 0) is 60.0 Å². The fourth-order valence-corrected chi connectivity index (χ4v) is 2.95. The average Bonchev–Trinajstić information content (AvgIpc) is 2.73. The third-order valence-corrected chi connectivity index (χ3v) is 4.74. The number of fused-ring (bicyclic) bond motifs is 1. The van der Waals surface area contributed by atoms with E-state index >= 15 is 0 Å². The Kier molecular flexibility index (Phi) is 6.39. The minimum absolute atomic E-state index is 0.162. The number of benzene rings is 3. The summed E-state index contributed by atoms with van der Waals surface area (Å²) in [7, 11) is 0. The minimum Gasteiger partial charge on any atom is -0.326 e. The van der Waals surface area contributed by atoms with Gasteiger partial charge < -0.3 is 10.6 Å². The summed E-state index contributed by atoms with van der Waals surface area (Å²) < 4.78 is 12.9. The Morgan fingerprint density at radius 3 is 2.41 bits per heavy atom. The van der Waals surface area contributed by atoms with Gasteiger partial charge in [-0.25, -0.2) is 4.39 Å². The maximum Gasteiger partial charge on any atom is 0.255 e. The van der Waals surface area contributed by atoms with Crippen LogP contribution in [0.25, 0.3) is 10.8 Å². The van der Waals surface area contributed by atoms with Crippen molar-refractivity contribution in [1.82, 2.24) is 5.32 Å². The van der Waals surface area contributed by atoms with E-state index in [0.29, 0.717) is 29.8 Å². The molecule has 0 aliphatic heterocycles. The molecule has 1 atom stereocenters. The first-order valence-corrected chi connectivity index (χ1v) is 9.47. The summed E-state index contributed by atoms with van der Waals surface area (Å²) >= 11 is 0. The lowest BCUT2D eigenvalue weighted by Crippen LogP contribution is -2.24. The van der Waals surface area contributed by atoms with Crippen molar-refractivity contribution in [2.24, 2.45) is 5.92 Å². The first kappa shape index (κ1) is 20.3. The van der Waals surface area contributed by atoms with E-state index < -0.39 is 0 Å². The molecular weight excluding hydrogens is 367 g/mol. The lowest BCUT2D eigenvalue weighted by atomic mass is 10.0. The van der Waals surface area contributed by atoms with Crippen molar-refractivity contribution in [3.8, 4) is 0 Å². The maximum absolute atomic E-state index is 12.9. The molecule has 0 aliphatic carbocycles. The SMILES string of the molecule is C=C(CC[C@H](C)C(=O)Nc1ccc(F)cc1)NC(=O)c1ccc2ccccc2c1. The average molecular weight is 390 g/mol. The maximum atomic E-state index is 12.9. The lowest BCUT2D eigenvalue weighted by Gasteiger charge is -2.14. The molecule has 0 saturated heterocycles. The predicted molar refractivity (Wildman–Crippen MR) is 114 cm³/mol. The molecule has 0 heterocycles. The van der Waals surface area contributed by atoms with E-state index in [2.05, 4.69) is 17.2 Å². The largest absolute Gasteiger partial charge is 0.326 e. The minimum atomic E-state index is -0.352. The second kappa shape index (κ2) is 9.15. The van der Waals surface area contributed by atoms with Gasteiger partial charge in [0.05, 0.1) is 0 Å². The number of halogens is 1. The molecule has 0 aromatic heterocycles. The Morgan fingerprint density at radius 2 is 1.69 bits per heavy atom. The van der Waals surface area contributed by atoms with Crippen LogP contribution in [0.15, 0.2) is 79.0 Å². The summed E-state index contributed by atoms with van der Waals surface area (Å²) in [5.41, 5.74) is 1.67. The van der Waals surface area contributed by atoms with Crippen molar-refractivity contribution >= 4 is 28.3 Å². The molecule has 0 fully saturated rings. The molecule has 0 aliphatic rings. The van der Waals surface area contributed by atoms with Gasteiger partial charge in [-0.3, -0.25) is 9.59 Å². The highest BCUT2D eigenvalue weighted by molar-refractivity contribution is 5.99. The van der Waals surface area contributed by atoms with Gasteiger partial charge in [0.2, 0.25) is 5.91 Å². The topological polar surface area (TPSA) is 58.2 Å². The molecule has 0 spiro atoms. The van der Waals surface area contributed by atoms with Crippen LogP contribution in [0.1, 0.15) is 30.1 Å². The fraction of sp³-hybridized carbons (Fsp3) is 0.167. The molecule has 4 nitrogen and oxygen atoms in total. The lowest BCUT2D eigenvalue weighted by molar-refractivity contribution is -0.119. The van der Waals surface area contributed by atoms with Crippen molar-refractivity contribution in [3.63, 3.8) is 0 Å². The van der Waals surface area contributed by atoms with Crippen molar-refractivity contribution < 1.29 is 14.0 Å². The standard InChI is InChI=1S/C24H23FN2O2/c1-16(23(28)27-22-13-11-21(25)12-14-22)7-8-17(2)26-24(29)20-10-9-18-5-3-4-6-19(18)15-20/h3-6,9-16H,2,7-8H2,1H3,(H,26,29)(H,27,28)/t16-/m0/s1. The van der Waals surface area contributed by atoms with Crippen LogP contribution in [0.3, 0.4) is 0 Å². The summed E-state index contributed by atoms with van der Waals surface area (Å²) in [6, 6.07) is 19.0. The van der Waals surface area contributed by atoms with Crippen LogP contribution in [0.2, 0.25) is 0 Å². The molecule has 3 aromatic rings. The summed E-state index contributed by atoms with van der Waals surface area (Å²) in [4.78, 5) is 24.7. The van der Waals surface area contributed by atoms with Crippen LogP contribution in [0.4, 0.5) is 10.1 Å².